The monoisotopic (exact) mass is 360 g/mol. The lowest BCUT2D eigenvalue weighted by Crippen LogP contribution is -2.58. The number of aliphatic hydroxyl groups excluding tert-OH is 1. The molecule has 4 aliphatic carbocycles. The van der Waals surface area contributed by atoms with Crippen molar-refractivity contribution in [3.05, 3.63) is 12.2 Å². The van der Waals surface area contributed by atoms with Gasteiger partial charge in [0.2, 0.25) is 0 Å². The molecule has 0 saturated heterocycles. The van der Waals surface area contributed by atoms with Crippen molar-refractivity contribution in [1.29, 1.82) is 0 Å². The van der Waals surface area contributed by atoms with Crippen molar-refractivity contribution in [1.82, 2.24) is 0 Å². The maximum Gasteiger partial charge on any atom is 0.133 e. The average Bonchev–Trinajstić information content (AvgIpc) is 2.86. The van der Waals surface area contributed by atoms with Crippen molar-refractivity contribution in [3.63, 3.8) is 0 Å². The molecule has 8 atom stereocenters. The quantitative estimate of drug-likeness (QED) is 0.728. The Kier molecular flexibility index (Phi) is 4.43. The first-order valence-electron chi connectivity index (χ1n) is 10.8. The van der Waals surface area contributed by atoms with E-state index in [4.69, 9.17) is 0 Å². The zero-order valence-corrected chi connectivity index (χ0v) is 16.7. The summed E-state index contributed by atoms with van der Waals surface area (Å²) in [7, 11) is 0. The molecule has 0 aromatic heterocycles. The molecule has 4 saturated carbocycles. The molecule has 4 rings (SSSR count). The summed E-state index contributed by atoms with van der Waals surface area (Å²) >= 11 is 0. The molecule has 0 unspecified atom stereocenters. The van der Waals surface area contributed by atoms with Gasteiger partial charge in [0, 0.05) is 18.3 Å². The van der Waals surface area contributed by atoms with Crippen LogP contribution >= 0.6 is 0 Å². The van der Waals surface area contributed by atoms with Gasteiger partial charge in [-0.05, 0) is 73.5 Å². The number of aliphatic hydroxyl groups is 2. The Labute approximate surface area is 158 Å². The molecule has 0 aliphatic heterocycles. The minimum Gasteiger partial charge on any atom is -0.392 e. The van der Waals surface area contributed by atoms with E-state index in [2.05, 4.69) is 20.8 Å². The van der Waals surface area contributed by atoms with Gasteiger partial charge in [-0.15, -0.1) is 0 Å². The van der Waals surface area contributed by atoms with Gasteiger partial charge in [0.1, 0.15) is 5.78 Å². The Morgan fingerprint density at radius 1 is 1.08 bits per heavy atom. The average molecular weight is 361 g/mol. The summed E-state index contributed by atoms with van der Waals surface area (Å²) in [6.45, 7) is 7.10. The van der Waals surface area contributed by atoms with Crippen molar-refractivity contribution < 1.29 is 15.0 Å². The lowest BCUT2D eigenvalue weighted by molar-refractivity contribution is -0.161. The predicted molar refractivity (Wildman–Crippen MR) is 102 cm³/mol. The third-order valence-corrected chi connectivity index (χ3v) is 9.75. The van der Waals surface area contributed by atoms with Crippen LogP contribution in [-0.2, 0) is 4.79 Å². The zero-order valence-electron chi connectivity index (χ0n) is 16.7. The Morgan fingerprint density at radius 2 is 1.81 bits per heavy atom. The Bertz CT molecular complexity index is 613. The fraction of sp³-hybridized carbons (Fsp3) is 0.870. The van der Waals surface area contributed by atoms with E-state index >= 15 is 0 Å². The third kappa shape index (κ3) is 2.35. The fourth-order valence-electron chi connectivity index (χ4n) is 8.05. The van der Waals surface area contributed by atoms with Crippen LogP contribution in [0.15, 0.2) is 12.2 Å². The molecule has 0 aromatic rings. The lowest BCUT2D eigenvalue weighted by atomic mass is 9.42. The topological polar surface area (TPSA) is 57.5 Å². The normalized spacial score (nSPS) is 54.0. The molecule has 3 nitrogen and oxygen atoms in total. The van der Waals surface area contributed by atoms with Crippen LogP contribution < -0.4 is 0 Å². The largest absolute Gasteiger partial charge is 0.392 e. The number of hydrogen-bond acceptors (Lipinski definition) is 3. The van der Waals surface area contributed by atoms with Crippen molar-refractivity contribution in [2.24, 2.45) is 40.4 Å². The highest BCUT2D eigenvalue weighted by Crippen LogP contribution is 2.69. The van der Waals surface area contributed by atoms with Crippen molar-refractivity contribution in [3.8, 4) is 0 Å². The number of carbonyl (C=O) groups excluding carboxylic acids is 1. The van der Waals surface area contributed by atoms with Crippen LogP contribution in [0.25, 0.3) is 0 Å². The number of hydrogen-bond donors (Lipinski definition) is 2. The molecule has 26 heavy (non-hydrogen) atoms. The fourth-order valence-corrected chi connectivity index (χ4v) is 8.05. The third-order valence-electron chi connectivity index (χ3n) is 9.75. The van der Waals surface area contributed by atoms with Gasteiger partial charge in [0.05, 0.1) is 12.2 Å². The number of ketones is 1. The molecule has 4 aliphatic rings. The van der Waals surface area contributed by atoms with Crippen molar-refractivity contribution in [2.75, 3.05) is 6.61 Å². The summed E-state index contributed by atoms with van der Waals surface area (Å²) in [5.41, 5.74) is -0.548. The standard InChI is InChI=1S/C23H36O3/c1-15-13-17(25)14-16-5-6-18-19-8-11-23(26,9-4-12-24)21(19,2)10-7-20(18)22(15,16)3/h4,9,15-16,18-20,24,26H,5-8,10-14H2,1-3H3/b9-4+/t15-,16-,18-,19-,20-,21-,22-,23-/m0/s1. The summed E-state index contributed by atoms with van der Waals surface area (Å²) in [5.74, 6) is 3.48. The Hall–Kier alpha value is -0.670. The Balaban J connectivity index is 1.65. The van der Waals surface area contributed by atoms with Gasteiger partial charge < -0.3 is 10.2 Å². The minimum atomic E-state index is -0.767. The van der Waals surface area contributed by atoms with Gasteiger partial charge in [0.15, 0.2) is 0 Å². The van der Waals surface area contributed by atoms with Crippen molar-refractivity contribution >= 4 is 5.78 Å². The maximum atomic E-state index is 12.2. The van der Waals surface area contributed by atoms with Crippen molar-refractivity contribution in [2.45, 2.75) is 77.7 Å². The Morgan fingerprint density at radius 3 is 2.54 bits per heavy atom. The molecule has 0 bridgehead atoms. The summed E-state index contributed by atoms with van der Waals surface area (Å²) in [4.78, 5) is 12.2. The van der Waals surface area contributed by atoms with E-state index in [9.17, 15) is 15.0 Å². The highest BCUT2D eigenvalue weighted by atomic mass is 16.3. The molecular weight excluding hydrogens is 324 g/mol. The molecule has 0 radical (unpaired) electrons. The molecule has 3 heteroatoms. The van der Waals surface area contributed by atoms with Gasteiger partial charge in [-0.3, -0.25) is 4.79 Å². The summed E-state index contributed by atoms with van der Waals surface area (Å²) < 4.78 is 0. The van der Waals surface area contributed by atoms with E-state index in [1.165, 1.54) is 19.3 Å². The van der Waals surface area contributed by atoms with Crippen LogP contribution in [0.4, 0.5) is 0 Å². The van der Waals surface area contributed by atoms with Gasteiger partial charge in [-0.2, -0.15) is 0 Å². The zero-order chi connectivity index (χ0) is 18.7. The van der Waals surface area contributed by atoms with E-state index in [1.54, 1.807) is 6.08 Å². The summed E-state index contributed by atoms with van der Waals surface area (Å²) in [6.07, 6.45) is 11.8. The van der Waals surface area contributed by atoms with E-state index < -0.39 is 5.60 Å². The first kappa shape index (κ1) is 18.7. The predicted octanol–water partition coefficient (Wildman–Crippen LogP) is 4.12. The van der Waals surface area contributed by atoms with E-state index in [-0.39, 0.29) is 12.0 Å². The minimum absolute atomic E-state index is 0.000401. The second-order valence-electron chi connectivity index (χ2n) is 10.4. The molecule has 0 spiro atoms. The van der Waals surface area contributed by atoms with E-state index in [1.807, 2.05) is 6.08 Å². The molecule has 0 heterocycles. The van der Waals surface area contributed by atoms with Crippen LogP contribution in [0.3, 0.4) is 0 Å². The molecule has 0 aromatic carbocycles. The van der Waals surface area contributed by atoms with Crippen LogP contribution in [0.5, 0.6) is 0 Å². The van der Waals surface area contributed by atoms with Gasteiger partial charge in [0.25, 0.3) is 0 Å². The van der Waals surface area contributed by atoms with Gasteiger partial charge >= 0.3 is 0 Å². The molecular formula is C23H36O3. The van der Waals surface area contributed by atoms with Crippen LogP contribution in [-0.4, -0.2) is 28.2 Å². The van der Waals surface area contributed by atoms with Crippen LogP contribution in [0.2, 0.25) is 0 Å². The van der Waals surface area contributed by atoms with Crippen LogP contribution in [0, 0.1) is 40.4 Å². The van der Waals surface area contributed by atoms with E-state index in [0.29, 0.717) is 40.8 Å². The number of Topliss-reactive ketones (excluding diaryl/α,β-unsaturated/α-hetero) is 1. The van der Waals surface area contributed by atoms with Crippen LogP contribution in [0.1, 0.15) is 72.1 Å². The van der Waals surface area contributed by atoms with Gasteiger partial charge in [-0.1, -0.05) is 32.9 Å². The number of rotatable bonds is 2. The second-order valence-corrected chi connectivity index (χ2v) is 10.4. The molecule has 2 N–H and O–H groups in total. The summed E-state index contributed by atoms with van der Waals surface area (Å²) in [5, 5.41) is 20.6. The summed E-state index contributed by atoms with van der Waals surface area (Å²) in [6, 6.07) is 0. The maximum absolute atomic E-state index is 12.2. The highest BCUT2D eigenvalue weighted by Gasteiger charge is 2.64. The number of fused-ring (bicyclic) bond motifs is 5. The van der Waals surface area contributed by atoms with Gasteiger partial charge in [-0.25, -0.2) is 0 Å². The number of carbonyl (C=O) groups is 1. The second kappa shape index (κ2) is 6.17. The lowest BCUT2D eigenvalue weighted by Gasteiger charge is -2.62. The molecule has 4 fully saturated rings. The molecule has 0 amide bonds. The van der Waals surface area contributed by atoms with E-state index in [0.717, 1.165) is 32.1 Å². The first-order chi connectivity index (χ1) is 12.3. The smallest absolute Gasteiger partial charge is 0.133 e. The SMILES string of the molecule is C[C@H]1CC(=O)C[C@@H]2CC[C@@H]3[C@H](CC[C@@]4(C)[C@H]3CC[C@@]4(O)/C=C/CO)[C@]21C. The first-order valence-corrected chi connectivity index (χ1v) is 10.8. The molecule has 146 valence electrons. The highest BCUT2D eigenvalue weighted by molar-refractivity contribution is 5.80.